The standard InChI is InChI=1S/2C51H81NO10/c2*1-30-16-12-11-13-17-31(2)32(3)28-41-21-19-38(9)51(60,62-41)48(57)49(58)52-23-15-14-18-42(52)50(59)61-45(35(6)27-40-20-22-43(53)34(5)26-40)29-44(54)33(4)25-37(8)47(56)39(10)46(55)36(7)24-30/h2*11-13,16-17,25,30,32-36,38-43,45,47-48,53,56-57,60H,14-15,18-24,26-29H2,1-10H3/b2*13-11+,16-12+,31-17+,37-25+/t30-,32+,33-,34-,35-,36-,38-,39+,40-,41+,42?,43-,45+,47-,48+,51-;30-,32+,33-,34-,35-,36-,38-,39+,40-,41+,42?,43-,45+,47-,48-,51-/m11/s1. The molecule has 0 spiro atoms. The van der Waals surface area contributed by atoms with Gasteiger partial charge >= 0.3 is 11.9 Å². The summed E-state index contributed by atoms with van der Waals surface area (Å²) in [5.41, 5.74) is 3.26. The summed E-state index contributed by atoms with van der Waals surface area (Å²) in [6.45, 7) is 38.5. The van der Waals surface area contributed by atoms with Gasteiger partial charge in [0.25, 0.3) is 11.8 Å². The van der Waals surface area contributed by atoms with Gasteiger partial charge in [-0.1, -0.05) is 195 Å². The SMILES string of the molecule is C/C1=C\[C@@H](C)C(=O)C[C@@H]([C@H](C)C[C@@H]2CC[C@@H](O)[C@H](C)C2)OC(=O)C2CCCCN2C(=O)[C@@H](O)[C@]2(O)O[C@@H](CC[C@H]2C)C[C@H](C)/C(C)=C/C=C/C=C/[C@@H](C)C[C@@H](C)C(=O)[C@H](C)[C@@H]1O.C/C1=C\[C@@H](C)C(=O)C[C@@H]([C@H](C)C[C@@H]2CC[C@@H](O)[C@H](C)C2)OC(=O)C2CCCCN2C(=O)[C@H](O)[C@]2(O)O[C@@H](CC[C@H]2C)C[C@H](C)/C(C)=C/C=C/C=C/[C@@H](C)C[C@@H](C)C(=O)[C@H](C)[C@@H]1O. The van der Waals surface area contributed by atoms with Gasteiger partial charge in [-0.05, 0) is 239 Å². The number of ether oxygens (including phenoxy) is 4. The minimum atomic E-state index is -2.16. The van der Waals surface area contributed by atoms with Crippen LogP contribution in [-0.2, 0) is 57.3 Å². The van der Waals surface area contributed by atoms with E-state index in [9.17, 15) is 79.2 Å². The third kappa shape index (κ3) is 29.0. The summed E-state index contributed by atoms with van der Waals surface area (Å²) in [5.74, 6) is -11.3. The second kappa shape index (κ2) is 48.6. The molecule has 22 heteroatoms. The number of amides is 2. The molecule has 2 amide bonds. The first-order valence-electron chi connectivity index (χ1n) is 47.7. The van der Waals surface area contributed by atoms with Crippen LogP contribution in [0.25, 0.3) is 0 Å². The number of piperidine rings is 2. The van der Waals surface area contributed by atoms with Crippen molar-refractivity contribution in [3.8, 4) is 0 Å². The molecule has 2 saturated carbocycles. The number of aliphatic hydroxyl groups is 8. The van der Waals surface area contributed by atoms with Gasteiger partial charge in [0.15, 0.2) is 12.2 Å². The molecule has 0 aromatic rings. The number of cyclic esters (lactones) is 2. The van der Waals surface area contributed by atoms with E-state index >= 15 is 0 Å². The predicted molar refractivity (Wildman–Crippen MR) is 482 cm³/mol. The Balaban J connectivity index is 0.000000341. The second-order valence-corrected chi connectivity index (χ2v) is 40.5. The van der Waals surface area contributed by atoms with Crippen LogP contribution in [0.1, 0.15) is 293 Å². The fourth-order valence-corrected chi connectivity index (χ4v) is 20.6. The van der Waals surface area contributed by atoms with Gasteiger partial charge in [-0.2, -0.15) is 0 Å². The van der Waals surface area contributed by atoms with Crippen molar-refractivity contribution in [1.29, 1.82) is 0 Å². The Morgan fingerprint density at radius 3 is 1.11 bits per heavy atom. The molecule has 22 nitrogen and oxygen atoms in total. The van der Waals surface area contributed by atoms with E-state index < -0.39 is 132 Å². The topological polar surface area (TPSA) is 342 Å². The first-order valence-corrected chi connectivity index (χ1v) is 47.7. The van der Waals surface area contributed by atoms with Gasteiger partial charge in [-0.15, -0.1) is 0 Å². The maximum atomic E-state index is 14.3. The smallest absolute Gasteiger partial charge is 0.329 e. The zero-order valence-corrected chi connectivity index (χ0v) is 79.0. The van der Waals surface area contributed by atoms with Crippen LogP contribution in [0.5, 0.6) is 0 Å². The highest BCUT2D eigenvalue weighted by atomic mass is 16.7. The van der Waals surface area contributed by atoms with Gasteiger partial charge in [0.05, 0.1) is 36.6 Å². The molecule has 8 N–H and O–H groups in total. The molecule has 2 unspecified atom stereocenters. The number of rotatable bonds is 6. The lowest BCUT2D eigenvalue weighted by Crippen LogP contribution is -2.63. The number of aliphatic hydroxyl groups excluding tert-OH is 6. The van der Waals surface area contributed by atoms with E-state index in [4.69, 9.17) is 18.9 Å². The molecule has 124 heavy (non-hydrogen) atoms. The number of carbonyl (C=O) groups is 8. The molecule has 6 heterocycles. The predicted octanol–water partition coefficient (Wildman–Crippen LogP) is 15.7. The molecular weight excluding hydrogens is 1570 g/mol. The molecule has 6 aliphatic heterocycles. The summed E-state index contributed by atoms with van der Waals surface area (Å²) in [4.78, 5) is 115. The minimum absolute atomic E-state index is 0.0422. The van der Waals surface area contributed by atoms with Crippen molar-refractivity contribution in [2.24, 2.45) is 107 Å². The van der Waals surface area contributed by atoms with Gasteiger partial charge < -0.3 is 69.6 Å². The van der Waals surface area contributed by atoms with E-state index in [2.05, 4.69) is 39.8 Å². The zero-order valence-electron chi connectivity index (χ0n) is 79.0. The number of allylic oxidation sites excluding steroid dienone is 14. The van der Waals surface area contributed by atoms with Crippen LogP contribution in [0, 0.1) is 107 Å². The molecule has 4 saturated heterocycles. The first kappa shape index (κ1) is 105. The largest absolute Gasteiger partial charge is 0.460 e. The first-order chi connectivity index (χ1) is 58.3. The molecule has 0 aromatic heterocycles. The summed E-state index contributed by atoms with van der Waals surface area (Å²) in [6.07, 6.45) is 27.9. The van der Waals surface area contributed by atoms with E-state index in [1.807, 2.05) is 104 Å². The van der Waals surface area contributed by atoms with Crippen LogP contribution >= 0.6 is 0 Å². The third-order valence-electron chi connectivity index (χ3n) is 29.9. The highest BCUT2D eigenvalue weighted by Crippen LogP contribution is 2.44. The normalized spacial score (nSPS) is 43.0. The average Bonchev–Trinajstić information content (AvgIpc) is 0.774. The summed E-state index contributed by atoms with van der Waals surface area (Å²) in [7, 11) is 0. The van der Waals surface area contributed by atoms with E-state index in [1.165, 1.54) is 9.80 Å². The van der Waals surface area contributed by atoms with Crippen molar-refractivity contribution >= 4 is 46.9 Å². The van der Waals surface area contributed by atoms with Crippen LogP contribution in [0.15, 0.2) is 95.2 Å². The maximum Gasteiger partial charge on any atom is 0.329 e. The van der Waals surface area contributed by atoms with Gasteiger partial charge in [0.1, 0.15) is 47.4 Å². The quantitative estimate of drug-likeness (QED) is 0.0904. The van der Waals surface area contributed by atoms with Gasteiger partial charge in [-0.25, -0.2) is 9.59 Å². The van der Waals surface area contributed by atoms with E-state index in [0.717, 1.165) is 36.8 Å². The number of fused-ring (bicyclic) bond motifs is 6. The van der Waals surface area contributed by atoms with Crippen molar-refractivity contribution in [3.05, 3.63) is 95.2 Å². The lowest BCUT2D eigenvalue weighted by molar-refractivity contribution is -0.316. The van der Waals surface area contributed by atoms with Gasteiger partial charge in [0, 0.05) is 73.3 Å². The molecule has 8 aliphatic rings. The number of Topliss-reactive ketones (excluding diaryl/α,β-unsaturated/α-hetero) is 4. The van der Waals surface area contributed by atoms with E-state index in [1.54, 1.807) is 67.5 Å². The number of hydrogen-bond acceptors (Lipinski definition) is 20. The Hall–Kier alpha value is -5.92. The average molecular weight is 1740 g/mol. The number of carbonyl (C=O) groups excluding carboxylic acids is 8. The second-order valence-electron chi connectivity index (χ2n) is 40.5. The monoisotopic (exact) mass is 1740 g/mol. The number of ketones is 4. The number of nitrogens with zero attached hydrogens (tertiary/aromatic N) is 2. The molecule has 0 radical (unpaired) electrons. The molecule has 4 bridgehead atoms. The molecular formula is C102H162N2O20. The lowest BCUT2D eigenvalue weighted by atomic mass is 9.75. The fourth-order valence-electron chi connectivity index (χ4n) is 20.6. The summed E-state index contributed by atoms with van der Waals surface area (Å²) >= 11 is 0. The van der Waals surface area contributed by atoms with Gasteiger partial charge in [-0.3, -0.25) is 28.8 Å². The van der Waals surface area contributed by atoms with E-state index in [0.29, 0.717) is 127 Å². The van der Waals surface area contributed by atoms with Crippen LogP contribution in [0.3, 0.4) is 0 Å². The lowest BCUT2D eigenvalue weighted by Gasteiger charge is -2.46. The highest BCUT2D eigenvalue weighted by molar-refractivity contribution is 5.90. The van der Waals surface area contributed by atoms with Crippen molar-refractivity contribution in [2.45, 2.75) is 377 Å². The Morgan fingerprint density at radius 2 is 0.766 bits per heavy atom. The molecule has 6 fully saturated rings. The van der Waals surface area contributed by atoms with Crippen molar-refractivity contribution in [3.63, 3.8) is 0 Å². The molecule has 2 aliphatic carbocycles. The van der Waals surface area contributed by atoms with Gasteiger partial charge in [0.2, 0.25) is 11.6 Å². The third-order valence-corrected chi connectivity index (χ3v) is 29.9. The number of hydrogen-bond donors (Lipinski definition) is 8. The van der Waals surface area contributed by atoms with Crippen LogP contribution in [0.4, 0.5) is 0 Å². The van der Waals surface area contributed by atoms with Crippen molar-refractivity contribution < 1.29 is 98.2 Å². The Morgan fingerprint density at radius 1 is 0.411 bits per heavy atom. The summed E-state index contributed by atoms with van der Waals surface area (Å²) < 4.78 is 25.2. The maximum absolute atomic E-state index is 14.3. The summed E-state index contributed by atoms with van der Waals surface area (Å²) in [5, 5.41) is 90.9. The molecule has 0 aromatic carbocycles. The molecule has 32 atom stereocenters. The zero-order chi connectivity index (χ0) is 92.1. The summed E-state index contributed by atoms with van der Waals surface area (Å²) in [6, 6.07) is -2.05. The number of esters is 2. The fraction of sp³-hybridized carbons (Fsp3) is 0.765. The van der Waals surface area contributed by atoms with Crippen LogP contribution < -0.4 is 0 Å². The van der Waals surface area contributed by atoms with Crippen LogP contribution in [0.2, 0.25) is 0 Å². The molecule has 8 rings (SSSR count). The van der Waals surface area contributed by atoms with Crippen molar-refractivity contribution in [2.75, 3.05) is 13.1 Å². The Labute approximate surface area is 743 Å². The Kier molecular flexibility index (Phi) is 41.2. The minimum Gasteiger partial charge on any atom is -0.460 e. The van der Waals surface area contributed by atoms with Crippen LogP contribution in [-0.4, -0.2) is 195 Å². The van der Waals surface area contributed by atoms with E-state index in [-0.39, 0.29) is 132 Å². The van der Waals surface area contributed by atoms with Crippen molar-refractivity contribution in [1.82, 2.24) is 9.80 Å². The Bertz CT molecular complexity index is 3540. The highest BCUT2D eigenvalue weighted by Gasteiger charge is 2.55. The molecule has 700 valence electrons.